The molecule has 1 heterocycles. The van der Waals surface area contributed by atoms with E-state index in [-0.39, 0.29) is 18.0 Å². The second-order valence-electron chi connectivity index (χ2n) is 6.67. The van der Waals surface area contributed by atoms with E-state index in [1.807, 2.05) is 12.1 Å². The number of nitrogens with one attached hydrogen (secondary N) is 1. The number of hydrogen-bond donors (Lipinski definition) is 1. The maximum Gasteiger partial charge on any atom is 0.416 e. The Morgan fingerprint density at radius 2 is 1.71 bits per heavy atom. The first-order valence-electron chi connectivity index (χ1n) is 8.70. The van der Waals surface area contributed by atoms with Gasteiger partial charge in [-0.15, -0.1) is 0 Å². The highest BCUT2D eigenvalue weighted by Crippen LogP contribution is 2.31. The predicted octanol–water partition coefficient (Wildman–Crippen LogP) is 1.67. The number of sulfonamides is 1. The first-order chi connectivity index (χ1) is 13.2. The molecule has 9 heteroatoms. The van der Waals surface area contributed by atoms with E-state index in [4.69, 9.17) is 5.26 Å². The number of hydrogen-bond acceptors (Lipinski definition) is 3. The monoisotopic (exact) mass is 410 g/mol. The van der Waals surface area contributed by atoms with E-state index < -0.39 is 21.8 Å². The molecule has 0 amide bonds. The summed E-state index contributed by atoms with van der Waals surface area (Å²) in [6.45, 7) is 2.29. The highest BCUT2D eigenvalue weighted by molar-refractivity contribution is 7.89. The van der Waals surface area contributed by atoms with E-state index in [0.717, 1.165) is 17.7 Å². The molecule has 1 fully saturated rings. The van der Waals surface area contributed by atoms with Crippen molar-refractivity contribution in [3.05, 3.63) is 65.2 Å². The third-order valence-electron chi connectivity index (χ3n) is 4.77. The first-order valence-corrected chi connectivity index (χ1v) is 10.1. The molecule has 0 unspecified atom stereocenters. The van der Waals surface area contributed by atoms with Gasteiger partial charge in [0, 0.05) is 5.56 Å². The van der Waals surface area contributed by atoms with E-state index in [1.165, 1.54) is 15.3 Å². The van der Waals surface area contributed by atoms with Crippen LogP contribution in [0.3, 0.4) is 0 Å². The lowest BCUT2D eigenvalue weighted by Gasteiger charge is -2.31. The van der Waals surface area contributed by atoms with E-state index in [1.54, 1.807) is 12.1 Å². The van der Waals surface area contributed by atoms with Gasteiger partial charge >= 0.3 is 6.18 Å². The molecule has 148 valence electrons. The summed E-state index contributed by atoms with van der Waals surface area (Å²) in [4.78, 5) is 0.845. The molecule has 1 saturated heterocycles. The minimum atomic E-state index is -4.59. The van der Waals surface area contributed by atoms with Crippen LogP contribution in [0.5, 0.6) is 0 Å². The molecule has 1 aliphatic rings. The van der Waals surface area contributed by atoms with Crippen molar-refractivity contribution in [2.24, 2.45) is 0 Å². The summed E-state index contributed by atoms with van der Waals surface area (Å²) in [7, 11) is -3.97. The molecule has 2 aromatic carbocycles. The minimum absolute atomic E-state index is 0.240. The summed E-state index contributed by atoms with van der Waals surface area (Å²) in [5, 5.41) is 8.83. The number of quaternary nitrogens is 1. The summed E-state index contributed by atoms with van der Waals surface area (Å²) in [6, 6.07) is 13.1. The number of halogens is 3. The molecule has 0 spiro atoms. The molecular formula is C19H19F3N3O2S+. The third kappa shape index (κ3) is 4.52. The molecule has 0 saturated carbocycles. The fourth-order valence-corrected chi connectivity index (χ4v) is 4.68. The number of piperazine rings is 1. The van der Waals surface area contributed by atoms with Crippen molar-refractivity contribution in [2.45, 2.75) is 17.6 Å². The Morgan fingerprint density at radius 3 is 2.29 bits per heavy atom. The summed E-state index contributed by atoms with van der Waals surface area (Å²) < 4.78 is 65.3. The summed E-state index contributed by atoms with van der Waals surface area (Å²) in [5.74, 6) is 0. The van der Waals surface area contributed by atoms with Crippen molar-refractivity contribution < 1.29 is 26.5 Å². The van der Waals surface area contributed by atoms with Crippen molar-refractivity contribution in [3.8, 4) is 6.07 Å². The zero-order chi connectivity index (χ0) is 20.4. The van der Waals surface area contributed by atoms with Gasteiger partial charge in [0.05, 0.1) is 48.3 Å². The molecule has 0 atom stereocenters. The lowest BCUT2D eigenvalue weighted by atomic mass is 10.1. The van der Waals surface area contributed by atoms with Crippen molar-refractivity contribution in [2.75, 3.05) is 26.2 Å². The van der Waals surface area contributed by atoms with Gasteiger partial charge in [0.2, 0.25) is 10.0 Å². The number of nitriles is 1. The lowest BCUT2D eigenvalue weighted by Crippen LogP contribution is -3.13. The quantitative estimate of drug-likeness (QED) is 0.834. The van der Waals surface area contributed by atoms with Gasteiger partial charge in [0.15, 0.2) is 0 Å². The number of rotatable bonds is 4. The van der Waals surface area contributed by atoms with Gasteiger partial charge in [-0.3, -0.25) is 0 Å². The maximum absolute atomic E-state index is 12.9. The van der Waals surface area contributed by atoms with Gasteiger partial charge in [0.1, 0.15) is 6.54 Å². The first kappa shape index (κ1) is 20.3. The average Bonchev–Trinajstić information content (AvgIpc) is 2.68. The number of nitrogens with zero attached hydrogens (tertiary/aromatic N) is 2. The van der Waals surface area contributed by atoms with Gasteiger partial charge < -0.3 is 4.90 Å². The van der Waals surface area contributed by atoms with Crippen LogP contribution in [-0.2, 0) is 22.7 Å². The smallest absolute Gasteiger partial charge is 0.329 e. The Kier molecular flexibility index (Phi) is 5.74. The van der Waals surface area contributed by atoms with Gasteiger partial charge in [-0.25, -0.2) is 8.42 Å². The highest BCUT2D eigenvalue weighted by Gasteiger charge is 2.34. The largest absolute Gasteiger partial charge is 0.416 e. The topological polar surface area (TPSA) is 65.6 Å². The molecule has 1 aliphatic heterocycles. The van der Waals surface area contributed by atoms with E-state index in [0.29, 0.717) is 31.3 Å². The Hall–Kier alpha value is -2.41. The van der Waals surface area contributed by atoms with Crippen molar-refractivity contribution in [3.63, 3.8) is 0 Å². The minimum Gasteiger partial charge on any atom is -0.329 e. The summed E-state index contributed by atoms with van der Waals surface area (Å²) in [6.07, 6.45) is -4.59. The van der Waals surface area contributed by atoms with Crippen LogP contribution in [0.1, 0.15) is 16.7 Å². The van der Waals surface area contributed by atoms with Crippen LogP contribution in [0.4, 0.5) is 13.2 Å². The Balaban J connectivity index is 1.66. The van der Waals surface area contributed by atoms with Crippen LogP contribution in [-0.4, -0.2) is 38.9 Å². The van der Waals surface area contributed by atoms with Crippen molar-refractivity contribution >= 4 is 10.0 Å². The molecule has 0 bridgehead atoms. The van der Waals surface area contributed by atoms with Gasteiger partial charge in [-0.1, -0.05) is 18.2 Å². The standard InChI is InChI=1S/C19H18F3N3O2S/c20-19(21,22)17-2-1-3-18(12-17)28(26,27)25-10-8-24(9-11-25)14-16-6-4-15(13-23)5-7-16/h1-7,12H,8-11,14H2/p+1. The number of alkyl halides is 3. The molecule has 3 rings (SSSR count). The molecule has 0 aliphatic carbocycles. The maximum atomic E-state index is 12.9. The Bertz CT molecular complexity index is 975. The molecule has 5 nitrogen and oxygen atoms in total. The summed E-state index contributed by atoms with van der Waals surface area (Å²) in [5.41, 5.74) is 0.651. The van der Waals surface area contributed by atoms with Crippen LogP contribution in [0.2, 0.25) is 0 Å². The Morgan fingerprint density at radius 1 is 1.07 bits per heavy atom. The highest BCUT2D eigenvalue weighted by atomic mass is 32.2. The molecule has 2 aromatic rings. The average molecular weight is 410 g/mol. The van der Waals surface area contributed by atoms with Crippen molar-refractivity contribution in [1.29, 1.82) is 5.26 Å². The molecular weight excluding hydrogens is 391 g/mol. The predicted molar refractivity (Wildman–Crippen MR) is 95.8 cm³/mol. The Labute approximate surface area is 161 Å². The van der Waals surface area contributed by atoms with E-state index in [9.17, 15) is 21.6 Å². The second kappa shape index (κ2) is 7.91. The molecule has 1 N–H and O–H groups in total. The van der Waals surface area contributed by atoms with Crippen LogP contribution < -0.4 is 4.90 Å². The van der Waals surface area contributed by atoms with E-state index >= 15 is 0 Å². The lowest BCUT2D eigenvalue weighted by molar-refractivity contribution is -0.917. The normalized spacial score (nSPS) is 16.6. The molecule has 0 radical (unpaired) electrons. The second-order valence-corrected chi connectivity index (χ2v) is 8.60. The molecule has 28 heavy (non-hydrogen) atoms. The third-order valence-corrected chi connectivity index (χ3v) is 6.66. The van der Waals surface area contributed by atoms with Crippen molar-refractivity contribution in [1.82, 2.24) is 4.31 Å². The van der Waals surface area contributed by atoms with Crippen LogP contribution in [0.25, 0.3) is 0 Å². The zero-order valence-electron chi connectivity index (χ0n) is 14.9. The van der Waals surface area contributed by atoms with Crippen LogP contribution in [0, 0.1) is 11.3 Å². The zero-order valence-corrected chi connectivity index (χ0v) is 15.7. The van der Waals surface area contributed by atoms with Crippen LogP contribution >= 0.6 is 0 Å². The van der Waals surface area contributed by atoms with Crippen LogP contribution in [0.15, 0.2) is 53.4 Å². The SMILES string of the molecule is N#Cc1ccc(C[NH+]2CCN(S(=O)(=O)c3cccc(C(F)(F)F)c3)CC2)cc1. The fraction of sp³-hybridized carbons (Fsp3) is 0.316. The molecule has 0 aromatic heterocycles. The van der Waals surface area contributed by atoms with Gasteiger partial charge in [-0.05, 0) is 30.3 Å². The van der Waals surface area contributed by atoms with Gasteiger partial charge in [-0.2, -0.15) is 22.7 Å². The number of benzene rings is 2. The van der Waals surface area contributed by atoms with Gasteiger partial charge in [0.25, 0.3) is 0 Å². The fourth-order valence-electron chi connectivity index (χ4n) is 3.19. The summed E-state index contributed by atoms with van der Waals surface area (Å²) >= 11 is 0. The van der Waals surface area contributed by atoms with E-state index in [2.05, 4.69) is 6.07 Å².